The molecule has 2 nitrogen and oxygen atoms in total. The van der Waals surface area contributed by atoms with Crippen molar-refractivity contribution in [1.82, 2.24) is 4.90 Å². The number of hydrogen-bond acceptors (Lipinski definition) is 3. The first-order valence-electron chi connectivity index (χ1n) is 6.84. The summed E-state index contributed by atoms with van der Waals surface area (Å²) in [5.41, 5.74) is 8.95. The van der Waals surface area contributed by atoms with Crippen molar-refractivity contribution in [2.45, 2.75) is 25.4 Å². The average molecular weight is 353 g/mol. The standard InChI is InChI=1S/C16H21BrN2S/c1-19(10-14-9-16(17)20-12-14)11-15(18)8-7-13-5-3-2-4-6-13/h2-6,9,12,15H,7-8,10-11,18H2,1H3. The van der Waals surface area contributed by atoms with Crippen LogP contribution in [-0.4, -0.2) is 24.5 Å². The zero-order valence-corrected chi connectivity index (χ0v) is 14.2. The Bertz CT molecular complexity index is 512. The number of nitrogens with zero attached hydrogens (tertiary/aromatic N) is 1. The molecule has 0 fully saturated rings. The van der Waals surface area contributed by atoms with E-state index in [0.29, 0.717) is 0 Å². The second-order valence-corrected chi connectivity index (χ2v) is 7.53. The van der Waals surface area contributed by atoms with E-state index in [1.54, 1.807) is 11.3 Å². The monoisotopic (exact) mass is 352 g/mol. The summed E-state index contributed by atoms with van der Waals surface area (Å²) in [4.78, 5) is 2.30. The first-order chi connectivity index (χ1) is 9.63. The van der Waals surface area contributed by atoms with E-state index in [-0.39, 0.29) is 6.04 Å². The summed E-state index contributed by atoms with van der Waals surface area (Å²) in [5, 5.41) is 2.19. The van der Waals surface area contributed by atoms with E-state index in [4.69, 9.17) is 5.73 Å². The third-order valence-corrected chi connectivity index (χ3v) is 4.82. The van der Waals surface area contributed by atoms with Crippen LogP contribution >= 0.6 is 27.3 Å². The molecule has 1 aromatic carbocycles. The van der Waals surface area contributed by atoms with E-state index in [2.05, 4.69) is 69.7 Å². The van der Waals surface area contributed by atoms with Gasteiger partial charge in [-0.3, -0.25) is 0 Å². The molecule has 0 saturated carbocycles. The summed E-state index contributed by atoms with van der Waals surface area (Å²) in [7, 11) is 2.13. The summed E-state index contributed by atoms with van der Waals surface area (Å²) in [6.45, 7) is 1.89. The maximum absolute atomic E-state index is 6.23. The van der Waals surface area contributed by atoms with E-state index in [9.17, 15) is 0 Å². The fourth-order valence-electron chi connectivity index (χ4n) is 2.29. The molecule has 0 amide bonds. The van der Waals surface area contributed by atoms with Gasteiger partial charge in [0.2, 0.25) is 0 Å². The number of aryl methyl sites for hydroxylation is 1. The predicted octanol–water partition coefficient (Wildman–Crippen LogP) is 3.90. The van der Waals surface area contributed by atoms with Crippen molar-refractivity contribution in [3.05, 3.63) is 56.7 Å². The smallest absolute Gasteiger partial charge is 0.0701 e. The molecule has 2 N–H and O–H groups in total. The molecule has 0 aliphatic heterocycles. The summed E-state index contributed by atoms with van der Waals surface area (Å²) in [5.74, 6) is 0. The molecule has 4 heteroatoms. The molecule has 2 rings (SSSR count). The molecule has 2 aromatic rings. The normalized spacial score (nSPS) is 12.8. The van der Waals surface area contributed by atoms with E-state index in [1.807, 2.05) is 0 Å². The molecule has 0 spiro atoms. The van der Waals surface area contributed by atoms with Crippen LogP contribution in [0.5, 0.6) is 0 Å². The van der Waals surface area contributed by atoms with Crippen molar-refractivity contribution in [3.8, 4) is 0 Å². The first-order valence-corrected chi connectivity index (χ1v) is 8.51. The third kappa shape index (κ3) is 5.37. The lowest BCUT2D eigenvalue weighted by Gasteiger charge is -2.20. The van der Waals surface area contributed by atoms with Crippen LogP contribution in [0.3, 0.4) is 0 Å². The minimum atomic E-state index is 0.224. The quantitative estimate of drug-likeness (QED) is 0.818. The number of rotatable bonds is 7. The van der Waals surface area contributed by atoms with Gasteiger partial charge >= 0.3 is 0 Å². The van der Waals surface area contributed by atoms with Crippen LogP contribution in [0.15, 0.2) is 45.6 Å². The molecule has 0 radical (unpaired) electrons. The van der Waals surface area contributed by atoms with Crippen molar-refractivity contribution in [1.29, 1.82) is 0 Å². The highest BCUT2D eigenvalue weighted by molar-refractivity contribution is 9.11. The van der Waals surface area contributed by atoms with Crippen LogP contribution in [0, 0.1) is 0 Å². The van der Waals surface area contributed by atoms with Crippen LogP contribution in [0.25, 0.3) is 0 Å². The second-order valence-electron chi connectivity index (χ2n) is 5.24. The minimum Gasteiger partial charge on any atom is -0.327 e. The lowest BCUT2D eigenvalue weighted by Crippen LogP contribution is -2.35. The largest absolute Gasteiger partial charge is 0.327 e. The van der Waals surface area contributed by atoms with Crippen LogP contribution in [0.4, 0.5) is 0 Å². The van der Waals surface area contributed by atoms with Gasteiger partial charge in [-0.2, -0.15) is 0 Å². The Morgan fingerprint density at radius 1 is 1.25 bits per heavy atom. The lowest BCUT2D eigenvalue weighted by atomic mass is 10.1. The van der Waals surface area contributed by atoms with Crippen LogP contribution < -0.4 is 5.73 Å². The van der Waals surface area contributed by atoms with Crippen molar-refractivity contribution in [2.75, 3.05) is 13.6 Å². The predicted molar refractivity (Wildman–Crippen MR) is 91.1 cm³/mol. The van der Waals surface area contributed by atoms with Gasteiger partial charge in [-0.05, 0) is 58.4 Å². The molecular weight excluding hydrogens is 332 g/mol. The Balaban J connectivity index is 1.72. The summed E-state index contributed by atoms with van der Waals surface area (Å²) < 4.78 is 1.19. The van der Waals surface area contributed by atoms with E-state index in [0.717, 1.165) is 25.9 Å². The maximum Gasteiger partial charge on any atom is 0.0701 e. The van der Waals surface area contributed by atoms with E-state index in [1.165, 1.54) is 14.9 Å². The Kier molecular flexibility index (Phi) is 6.23. The fourth-order valence-corrected chi connectivity index (χ4v) is 3.49. The van der Waals surface area contributed by atoms with Crippen molar-refractivity contribution in [3.63, 3.8) is 0 Å². The van der Waals surface area contributed by atoms with Crippen molar-refractivity contribution >= 4 is 27.3 Å². The Morgan fingerprint density at radius 3 is 2.65 bits per heavy atom. The van der Waals surface area contributed by atoms with Crippen LogP contribution in [-0.2, 0) is 13.0 Å². The average Bonchev–Trinajstić information content (AvgIpc) is 2.83. The molecule has 108 valence electrons. The first kappa shape index (κ1) is 15.7. The number of benzene rings is 1. The highest BCUT2D eigenvalue weighted by atomic mass is 79.9. The van der Waals surface area contributed by atoms with Gasteiger partial charge in [-0.1, -0.05) is 30.3 Å². The van der Waals surface area contributed by atoms with Crippen molar-refractivity contribution in [2.24, 2.45) is 5.73 Å². The molecule has 0 saturated heterocycles. The Labute approximate surface area is 133 Å². The van der Waals surface area contributed by atoms with Crippen LogP contribution in [0.1, 0.15) is 17.5 Å². The molecule has 0 aliphatic rings. The van der Waals surface area contributed by atoms with E-state index < -0.39 is 0 Å². The molecule has 1 atom stereocenters. The molecule has 1 aromatic heterocycles. The van der Waals surface area contributed by atoms with Gasteiger partial charge in [0.1, 0.15) is 0 Å². The molecular formula is C16H21BrN2S. The van der Waals surface area contributed by atoms with Gasteiger partial charge in [0, 0.05) is 19.1 Å². The molecule has 20 heavy (non-hydrogen) atoms. The van der Waals surface area contributed by atoms with Gasteiger partial charge in [-0.15, -0.1) is 11.3 Å². The van der Waals surface area contributed by atoms with Gasteiger partial charge in [0.05, 0.1) is 3.79 Å². The highest BCUT2D eigenvalue weighted by Gasteiger charge is 2.08. The summed E-state index contributed by atoms with van der Waals surface area (Å²) in [6, 6.07) is 13.0. The van der Waals surface area contributed by atoms with Gasteiger partial charge in [0.25, 0.3) is 0 Å². The number of nitrogens with two attached hydrogens (primary N) is 1. The Hall–Kier alpha value is -0.680. The van der Waals surface area contributed by atoms with Gasteiger partial charge in [0.15, 0.2) is 0 Å². The zero-order valence-electron chi connectivity index (χ0n) is 11.8. The number of halogens is 1. The lowest BCUT2D eigenvalue weighted by molar-refractivity contribution is 0.298. The van der Waals surface area contributed by atoms with Gasteiger partial charge < -0.3 is 10.6 Å². The molecule has 0 aliphatic carbocycles. The molecule has 1 unspecified atom stereocenters. The molecule has 1 heterocycles. The Morgan fingerprint density at radius 2 is 2.00 bits per heavy atom. The van der Waals surface area contributed by atoms with Crippen molar-refractivity contribution < 1.29 is 0 Å². The van der Waals surface area contributed by atoms with E-state index >= 15 is 0 Å². The highest BCUT2D eigenvalue weighted by Crippen LogP contribution is 2.21. The topological polar surface area (TPSA) is 29.3 Å². The summed E-state index contributed by atoms with van der Waals surface area (Å²) >= 11 is 5.23. The summed E-state index contributed by atoms with van der Waals surface area (Å²) in [6.07, 6.45) is 2.08. The second kappa shape index (κ2) is 7.93. The number of hydrogen-bond donors (Lipinski definition) is 1. The van der Waals surface area contributed by atoms with Gasteiger partial charge in [-0.25, -0.2) is 0 Å². The number of thiophene rings is 1. The fraction of sp³-hybridized carbons (Fsp3) is 0.375. The van der Waals surface area contributed by atoms with Crippen LogP contribution in [0.2, 0.25) is 0 Å². The minimum absolute atomic E-state index is 0.224. The zero-order chi connectivity index (χ0) is 14.4. The maximum atomic E-state index is 6.23. The molecule has 0 bridgehead atoms. The third-order valence-electron chi connectivity index (χ3n) is 3.27. The number of likely N-dealkylation sites (N-methyl/N-ethyl adjacent to an activating group) is 1. The SMILES string of the molecule is CN(Cc1csc(Br)c1)CC(N)CCc1ccccc1.